The zero-order valence-corrected chi connectivity index (χ0v) is 13.6. The Morgan fingerprint density at radius 2 is 2.00 bits per heavy atom. The van der Waals surface area contributed by atoms with Gasteiger partial charge in [-0.3, -0.25) is 0 Å². The van der Waals surface area contributed by atoms with E-state index in [1.807, 2.05) is 0 Å². The van der Waals surface area contributed by atoms with Crippen molar-refractivity contribution in [2.45, 2.75) is 52.0 Å². The van der Waals surface area contributed by atoms with Gasteiger partial charge in [0, 0.05) is 17.2 Å². The van der Waals surface area contributed by atoms with Crippen LogP contribution in [-0.2, 0) is 15.3 Å². The Bertz CT molecular complexity index is 503. The highest BCUT2D eigenvalue weighted by Crippen LogP contribution is 2.31. The minimum Gasteiger partial charge on any atom is -0.323 e. The summed E-state index contributed by atoms with van der Waals surface area (Å²) in [6.07, 6.45) is 1.23. The highest BCUT2D eigenvalue weighted by Gasteiger charge is 2.25. The van der Waals surface area contributed by atoms with Gasteiger partial charge in [0.15, 0.2) is 0 Å². The van der Waals surface area contributed by atoms with Gasteiger partial charge in [-0.2, -0.15) is 0 Å². The van der Waals surface area contributed by atoms with Crippen LogP contribution in [0.3, 0.4) is 0 Å². The first kappa shape index (κ1) is 16.5. The molecule has 2 N–H and O–H groups in total. The lowest BCUT2D eigenvalue weighted by Crippen LogP contribution is -2.19. The smallest absolute Gasteiger partial charge is 0.150 e. The second-order valence-corrected chi connectivity index (χ2v) is 8.98. The van der Waals surface area contributed by atoms with E-state index < -0.39 is 9.84 Å². The van der Waals surface area contributed by atoms with E-state index >= 15 is 0 Å². The molecule has 0 saturated carbocycles. The molecule has 0 amide bonds. The zero-order chi connectivity index (χ0) is 14.7. The SMILES string of the molecule is CCS(=O)(=O)CCCC(N)c1snnc1C(C)(C)C. The molecule has 1 rings (SSSR count). The molecular formula is C12H23N3O2S2. The highest BCUT2D eigenvalue weighted by atomic mass is 32.2. The van der Waals surface area contributed by atoms with Crippen molar-refractivity contribution < 1.29 is 8.42 Å². The molecule has 0 radical (unpaired) electrons. The van der Waals surface area contributed by atoms with Crippen LogP contribution in [0.25, 0.3) is 0 Å². The molecule has 1 unspecified atom stereocenters. The highest BCUT2D eigenvalue weighted by molar-refractivity contribution is 7.91. The summed E-state index contributed by atoms with van der Waals surface area (Å²) in [5.74, 6) is 0.395. The van der Waals surface area contributed by atoms with Crippen molar-refractivity contribution in [3.05, 3.63) is 10.6 Å². The Morgan fingerprint density at radius 1 is 1.37 bits per heavy atom. The standard InChI is InChI=1S/C12H23N3O2S2/c1-5-19(16,17)8-6-7-9(13)10-11(12(2,3)4)14-15-18-10/h9H,5-8,13H2,1-4H3. The number of rotatable bonds is 6. The van der Waals surface area contributed by atoms with E-state index in [0.29, 0.717) is 12.8 Å². The van der Waals surface area contributed by atoms with Crippen LogP contribution in [0.15, 0.2) is 0 Å². The van der Waals surface area contributed by atoms with Gasteiger partial charge in [0.05, 0.1) is 16.3 Å². The molecule has 0 spiro atoms. The Kier molecular flexibility index (Phi) is 5.46. The van der Waals surface area contributed by atoms with Crippen molar-refractivity contribution >= 4 is 21.4 Å². The topological polar surface area (TPSA) is 85.9 Å². The molecule has 110 valence electrons. The minimum absolute atomic E-state index is 0.0878. The molecule has 0 aliphatic heterocycles. The molecule has 0 saturated heterocycles. The lowest BCUT2D eigenvalue weighted by atomic mass is 9.89. The fourth-order valence-electron chi connectivity index (χ4n) is 1.76. The van der Waals surface area contributed by atoms with Crippen LogP contribution >= 0.6 is 11.5 Å². The number of hydrogen-bond acceptors (Lipinski definition) is 6. The van der Waals surface area contributed by atoms with E-state index in [9.17, 15) is 8.42 Å². The normalized spacial score (nSPS) is 14.6. The average molecular weight is 305 g/mol. The average Bonchev–Trinajstić information content (AvgIpc) is 2.77. The summed E-state index contributed by atoms with van der Waals surface area (Å²) in [4.78, 5) is 0.974. The Hall–Kier alpha value is -0.530. The van der Waals surface area contributed by atoms with Crippen LogP contribution in [0, 0.1) is 0 Å². The van der Waals surface area contributed by atoms with Gasteiger partial charge >= 0.3 is 0 Å². The van der Waals surface area contributed by atoms with Crippen molar-refractivity contribution in [1.29, 1.82) is 0 Å². The molecular weight excluding hydrogens is 282 g/mol. The first-order valence-electron chi connectivity index (χ1n) is 6.46. The first-order chi connectivity index (χ1) is 8.67. The van der Waals surface area contributed by atoms with Crippen LogP contribution in [0.4, 0.5) is 0 Å². The van der Waals surface area contributed by atoms with E-state index in [2.05, 4.69) is 30.4 Å². The van der Waals surface area contributed by atoms with E-state index in [1.165, 1.54) is 11.5 Å². The van der Waals surface area contributed by atoms with Crippen LogP contribution in [0.5, 0.6) is 0 Å². The molecule has 1 aromatic rings. The summed E-state index contributed by atoms with van der Waals surface area (Å²) >= 11 is 1.31. The van der Waals surface area contributed by atoms with Crippen molar-refractivity contribution in [2.24, 2.45) is 5.73 Å². The van der Waals surface area contributed by atoms with Gasteiger partial charge < -0.3 is 5.73 Å². The Balaban J connectivity index is 2.65. The van der Waals surface area contributed by atoms with E-state index in [4.69, 9.17) is 5.73 Å². The number of hydrogen-bond donors (Lipinski definition) is 1. The summed E-state index contributed by atoms with van der Waals surface area (Å²) in [6.45, 7) is 7.88. The van der Waals surface area contributed by atoms with Gasteiger partial charge in [0.1, 0.15) is 9.84 Å². The Labute approximate surface area is 119 Å². The molecule has 7 heteroatoms. The fourth-order valence-corrected chi connectivity index (χ4v) is 3.55. The van der Waals surface area contributed by atoms with E-state index in [1.54, 1.807) is 6.92 Å². The minimum atomic E-state index is -2.91. The molecule has 0 bridgehead atoms. The lowest BCUT2D eigenvalue weighted by molar-refractivity contribution is 0.541. The summed E-state index contributed by atoms with van der Waals surface area (Å²) in [6, 6.07) is -0.179. The second kappa shape index (κ2) is 6.28. The molecule has 19 heavy (non-hydrogen) atoms. The zero-order valence-electron chi connectivity index (χ0n) is 12.0. The van der Waals surface area contributed by atoms with Gasteiger partial charge in [0.2, 0.25) is 0 Å². The molecule has 1 heterocycles. The van der Waals surface area contributed by atoms with Crippen molar-refractivity contribution in [3.63, 3.8) is 0 Å². The van der Waals surface area contributed by atoms with Gasteiger partial charge in [0.25, 0.3) is 0 Å². The maximum absolute atomic E-state index is 11.4. The lowest BCUT2D eigenvalue weighted by Gasteiger charge is -2.19. The molecule has 5 nitrogen and oxygen atoms in total. The maximum Gasteiger partial charge on any atom is 0.150 e. The number of nitrogens with two attached hydrogens (primary N) is 1. The molecule has 0 fully saturated rings. The fraction of sp³-hybridized carbons (Fsp3) is 0.833. The molecule has 1 aromatic heterocycles. The maximum atomic E-state index is 11.4. The first-order valence-corrected chi connectivity index (χ1v) is 9.05. The Morgan fingerprint density at radius 3 is 2.53 bits per heavy atom. The van der Waals surface area contributed by atoms with Gasteiger partial charge in [-0.15, -0.1) is 5.10 Å². The number of nitrogens with zero attached hydrogens (tertiary/aromatic N) is 2. The van der Waals surface area contributed by atoms with E-state index in [-0.39, 0.29) is 23.0 Å². The third kappa shape index (κ3) is 4.81. The van der Waals surface area contributed by atoms with Crippen LogP contribution in [0.2, 0.25) is 0 Å². The molecule has 0 aromatic carbocycles. The largest absolute Gasteiger partial charge is 0.323 e. The summed E-state index contributed by atoms with van der Waals surface area (Å²) in [7, 11) is -2.91. The quantitative estimate of drug-likeness (QED) is 0.869. The predicted molar refractivity (Wildman–Crippen MR) is 79.1 cm³/mol. The van der Waals surface area contributed by atoms with Crippen molar-refractivity contribution in [1.82, 2.24) is 9.59 Å². The van der Waals surface area contributed by atoms with Gasteiger partial charge in [-0.05, 0) is 24.4 Å². The van der Waals surface area contributed by atoms with Gasteiger partial charge in [-0.1, -0.05) is 32.2 Å². The monoisotopic (exact) mass is 305 g/mol. The molecule has 0 aliphatic rings. The van der Waals surface area contributed by atoms with E-state index in [0.717, 1.165) is 10.6 Å². The third-order valence-electron chi connectivity index (χ3n) is 2.97. The summed E-state index contributed by atoms with van der Waals surface area (Å²) < 4.78 is 26.8. The number of sulfone groups is 1. The second-order valence-electron chi connectivity index (χ2n) is 5.72. The third-order valence-corrected chi connectivity index (χ3v) is 5.62. The van der Waals surface area contributed by atoms with Crippen LogP contribution in [0.1, 0.15) is 57.1 Å². The van der Waals surface area contributed by atoms with Crippen LogP contribution in [-0.4, -0.2) is 29.5 Å². The summed E-state index contributed by atoms with van der Waals surface area (Å²) in [5.41, 5.74) is 6.98. The van der Waals surface area contributed by atoms with Crippen molar-refractivity contribution in [3.8, 4) is 0 Å². The molecule has 1 atom stereocenters. The van der Waals surface area contributed by atoms with Crippen LogP contribution < -0.4 is 5.73 Å². The molecule has 0 aliphatic carbocycles. The summed E-state index contributed by atoms with van der Waals surface area (Å²) in [5, 5.41) is 4.15. The predicted octanol–water partition coefficient (Wildman–Crippen LogP) is 2.05. The number of aromatic nitrogens is 2. The van der Waals surface area contributed by atoms with Crippen molar-refractivity contribution in [2.75, 3.05) is 11.5 Å². The van der Waals surface area contributed by atoms with Gasteiger partial charge in [-0.25, -0.2) is 8.42 Å².